The molecule has 0 saturated carbocycles. The Morgan fingerprint density at radius 2 is 2.27 bits per heavy atom. The van der Waals surface area contributed by atoms with Crippen LogP contribution in [0.3, 0.4) is 0 Å². The van der Waals surface area contributed by atoms with Gasteiger partial charge in [0.25, 0.3) is 7.98 Å². The van der Waals surface area contributed by atoms with Gasteiger partial charge in [0, 0.05) is 0 Å². The molecule has 0 aliphatic rings. The van der Waals surface area contributed by atoms with Crippen molar-refractivity contribution >= 4 is 19.0 Å². The molecule has 2 aromatic rings. The second kappa shape index (κ2) is 2.08. The second-order valence-electron chi connectivity index (χ2n) is 2.53. The van der Waals surface area contributed by atoms with E-state index in [0.717, 1.165) is 16.6 Å². The van der Waals surface area contributed by atoms with Crippen molar-refractivity contribution in [2.24, 2.45) is 0 Å². The van der Waals surface area contributed by atoms with Gasteiger partial charge >= 0.3 is 0 Å². The molecule has 2 rings (SSSR count). The van der Waals surface area contributed by atoms with Gasteiger partial charge in [0.1, 0.15) is 5.52 Å². The van der Waals surface area contributed by atoms with Crippen molar-refractivity contribution < 1.29 is 0 Å². The van der Waals surface area contributed by atoms with Crippen LogP contribution in [0.4, 0.5) is 0 Å². The molecule has 0 unspecified atom stereocenters. The van der Waals surface area contributed by atoms with Crippen LogP contribution in [0.25, 0.3) is 11.0 Å². The van der Waals surface area contributed by atoms with Crippen LogP contribution in [-0.2, 0) is 0 Å². The third-order valence-corrected chi connectivity index (χ3v) is 1.63. The van der Waals surface area contributed by atoms with Crippen molar-refractivity contribution in [2.75, 3.05) is 0 Å². The van der Waals surface area contributed by atoms with Crippen molar-refractivity contribution in [3.8, 4) is 0 Å². The van der Waals surface area contributed by atoms with Crippen LogP contribution < -0.4 is 0 Å². The molecule has 3 nitrogen and oxygen atoms in total. The number of hydrogen-bond donors (Lipinski definition) is 0. The fourth-order valence-electron chi connectivity index (χ4n) is 1.05. The molecule has 1 aromatic carbocycles. The third kappa shape index (κ3) is 0.907. The summed E-state index contributed by atoms with van der Waals surface area (Å²) >= 11 is 0. The predicted molar refractivity (Wildman–Crippen MR) is 43.4 cm³/mol. The molecule has 11 heavy (non-hydrogen) atoms. The van der Waals surface area contributed by atoms with Gasteiger partial charge in [-0.2, -0.15) is 0 Å². The number of benzene rings is 1. The summed E-state index contributed by atoms with van der Waals surface area (Å²) in [5.74, 6) is 0. The zero-order valence-corrected chi connectivity index (χ0v) is 6.15. The Labute approximate surface area is 65.4 Å². The van der Waals surface area contributed by atoms with E-state index >= 15 is 0 Å². The highest BCUT2D eigenvalue weighted by Crippen LogP contribution is 2.10. The molecule has 0 saturated heterocycles. The fourth-order valence-corrected chi connectivity index (χ4v) is 1.05. The molecule has 0 fully saturated rings. The summed E-state index contributed by atoms with van der Waals surface area (Å²) in [7, 11) is 5.47. The molecule has 0 bridgehead atoms. The van der Waals surface area contributed by atoms with Gasteiger partial charge in [-0.15, -0.1) is 5.10 Å². The minimum absolute atomic E-state index is 0.840. The van der Waals surface area contributed by atoms with E-state index in [1.165, 1.54) is 4.59 Å². The van der Waals surface area contributed by atoms with Gasteiger partial charge in [-0.25, -0.2) is 0 Å². The summed E-state index contributed by atoms with van der Waals surface area (Å²) in [6.07, 6.45) is 0. The molecule has 52 valence electrons. The normalized spacial score (nSPS) is 10.6. The molecule has 4 heteroatoms. The number of nitrogens with zero attached hydrogens (tertiary/aromatic N) is 3. The van der Waals surface area contributed by atoms with Crippen LogP contribution >= 0.6 is 0 Å². The first-order valence-corrected chi connectivity index (χ1v) is 3.34. The minimum atomic E-state index is 0.840. The van der Waals surface area contributed by atoms with Crippen molar-refractivity contribution in [1.29, 1.82) is 0 Å². The first-order chi connectivity index (χ1) is 5.27. The third-order valence-electron chi connectivity index (χ3n) is 1.63. The van der Waals surface area contributed by atoms with E-state index in [4.69, 9.17) is 7.98 Å². The SMILES string of the molecule is [B]n1nnc2cc(C)ccc21. The first-order valence-electron chi connectivity index (χ1n) is 3.34. The predicted octanol–water partition coefficient (Wildman–Crippen LogP) is 0.671. The summed E-state index contributed by atoms with van der Waals surface area (Å²) in [6, 6.07) is 5.84. The lowest BCUT2D eigenvalue weighted by molar-refractivity contribution is 0.898. The Morgan fingerprint density at radius 3 is 3.09 bits per heavy atom. The standard InChI is InChI=1S/C7H6BN3/c1-5-2-3-7-6(4-5)9-10-11(7)8/h2-4H,1H3. The highest BCUT2D eigenvalue weighted by Gasteiger charge is 1.98. The van der Waals surface area contributed by atoms with E-state index in [2.05, 4.69) is 10.3 Å². The van der Waals surface area contributed by atoms with Gasteiger partial charge in [0.15, 0.2) is 0 Å². The van der Waals surface area contributed by atoms with Crippen LogP contribution in [0.2, 0.25) is 0 Å². The van der Waals surface area contributed by atoms with E-state index in [-0.39, 0.29) is 0 Å². The van der Waals surface area contributed by atoms with E-state index < -0.39 is 0 Å². The van der Waals surface area contributed by atoms with Crippen LogP contribution in [0.1, 0.15) is 5.56 Å². The lowest BCUT2D eigenvalue weighted by atomic mass is 10.2. The van der Waals surface area contributed by atoms with Crippen LogP contribution in [0, 0.1) is 6.92 Å². The quantitative estimate of drug-likeness (QED) is 0.507. The molecule has 2 radical (unpaired) electrons. The van der Waals surface area contributed by atoms with Crippen molar-refractivity contribution in [3.05, 3.63) is 23.8 Å². The second-order valence-corrected chi connectivity index (χ2v) is 2.53. The maximum atomic E-state index is 5.47. The number of aromatic nitrogens is 3. The number of aryl methyl sites for hydroxylation is 1. The molecule has 0 spiro atoms. The number of fused-ring (bicyclic) bond motifs is 1. The van der Waals surface area contributed by atoms with Crippen LogP contribution in [-0.4, -0.2) is 22.9 Å². The van der Waals surface area contributed by atoms with E-state index in [0.29, 0.717) is 0 Å². The molecule has 1 heterocycles. The summed E-state index contributed by atoms with van der Waals surface area (Å²) in [5, 5.41) is 7.55. The smallest absolute Gasteiger partial charge is 0.267 e. The van der Waals surface area contributed by atoms with Crippen molar-refractivity contribution in [2.45, 2.75) is 6.92 Å². The molecule has 0 aliphatic heterocycles. The van der Waals surface area contributed by atoms with Crippen molar-refractivity contribution in [1.82, 2.24) is 14.9 Å². The highest BCUT2D eigenvalue weighted by molar-refractivity contribution is 6.09. The minimum Gasteiger partial charge on any atom is -0.304 e. The molecule has 0 amide bonds. The van der Waals surface area contributed by atoms with Gasteiger partial charge in [0.05, 0.1) is 5.52 Å². The van der Waals surface area contributed by atoms with E-state index in [9.17, 15) is 0 Å². The van der Waals surface area contributed by atoms with Gasteiger partial charge in [-0.05, 0) is 24.6 Å². The fraction of sp³-hybridized carbons (Fsp3) is 0.143. The summed E-state index contributed by atoms with van der Waals surface area (Å²) in [5.41, 5.74) is 2.86. The number of hydrogen-bond acceptors (Lipinski definition) is 2. The highest BCUT2D eigenvalue weighted by atomic mass is 15.4. The average molecular weight is 143 g/mol. The zero-order valence-electron chi connectivity index (χ0n) is 6.15. The Balaban J connectivity index is 2.86. The van der Waals surface area contributed by atoms with Crippen LogP contribution in [0.5, 0.6) is 0 Å². The Kier molecular flexibility index (Phi) is 1.21. The maximum absolute atomic E-state index is 5.47. The van der Waals surface area contributed by atoms with E-state index in [1.54, 1.807) is 0 Å². The number of rotatable bonds is 0. The summed E-state index contributed by atoms with van der Waals surface area (Å²) < 4.78 is 1.27. The Bertz CT molecular complexity index is 393. The first kappa shape index (κ1) is 6.40. The van der Waals surface area contributed by atoms with E-state index in [1.807, 2.05) is 25.1 Å². The monoisotopic (exact) mass is 143 g/mol. The Hall–Kier alpha value is -1.32. The molecule has 1 aromatic heterocycles. The van der Waals surface area contributed by atoms with Crippen LogP contribution in [0.15, 0.2) is 18.2 Å². The molecular weight excluding hydrogens is 137 g/mol. The molecule has 0 aliphatic carbocycles. The topological polar surface area (TPSA) is 30.7 Å². The maximum Gasteiger partial charge on any atom is 0.267 e. The van der Waals surface area contributed by atoms with Gasteiger partial charge in [0.2, 0.25) is 0 Å². The average Bonchev–Trinajstić information content (AvgIpc) is 2.32. The zero-order chi connectivity index (χ0) is 7.84. The van der Waals surface area contributed by atoms with Gasteiger partial charge in [-0.1, -0.05) is 11.3 Å². The lowest BCUT2D eigenvalue weighted by Gasteiger charge is -1.92. The van der Waals surface area contributed by atoms with Gasteiger partial charge in [-0.3, -0.25) is 0 Å². The Morgan fingerprint density at radius 1 is 1.45 bits per heavy atom. The molecule has 0 atom stereocenters. The lowest BCUT2D eigenvalue weighted by Crippen LogP contribution is -1.92. The summed E-state index contributed by atoms with van der Waals surface area (Å²) in [4.78, 5) is 0. The molecular formula is C7H6BN3. The van der Waals surface area contributed by atoms with Crippen molar-refractivity contribution in [3.63, 3.8) is 0 Å². The summed E-state index contributed by atoms with van der Waals surface area (Å²) in [6.45, 7) is 2.01. The van der Waals surface area contributed by atoms with Gasteiger partial charge < -0.3 is 4.59 Å². The largest absolute Gasteiger partial charge is 0.304 e. The molecule has 0 N–H and O–H groups in total.